The third kappa shape index (κ3) is 1.42. The third-order valence-corrected chi connectivity index (χ3v) is 2.76. The molecule has 3 aromatic rings. The molecule has 0 saturated heterocycles. The highest BCUT2D eigenvalue weighted by Crippen LogP contribution is 2.29. The Morgan fingerprint density at radius 1 is 0.882 bits per heavy atom. The highest BCUT2D eigenvalue weighted by molar-refractivity contribution is 6.08. The van der Waals surface area contributed by atoms with Crippen LogP contribution in [-0.2, 0) is 0 Å². The van der Waals surface area contributed by atoms with E-state index in [1.54, 1.807) is 18.2 Å². The molecule has 0 spiro atoms. The Morgan fingerprint density at radius 2 is 1.47 bits per heavy atom. The molecule has 1 heterocycles. The quantitative estimate of drug-likeness (QED) is 0.362. The van der Waals surface area contributed by atoms with Crippen LogP contribution in [0.4, 0.5) is 5.82 Å². The van der Waals surface area contributed by atoms with Crippen molar-refractivity contribution < 1.29 is 4.92 Å². The first-order valence-corrected chi connectivity index (χ1v) is 5.19. The van der Waals surface area contributed by atoms with E-state index < -0.39 is 4.92 Å². The summed E-state index contributed by atoms with van der Waals surface area (Å²) >= 11 is 0. The van der Waals surface area contributed by atoms with Gasteiger partial charge in [-0.1, -0.05) is 30.3 Å². The van der Waals surface area contributed by atoms with Gasteiger partial charge >= 0.3 is 5.82 Å². The molecule has 17 heavy (non-hydrogen) atoms. The molecule has 0 atom stereocenters. The topological polar surface area (TPSA) is 56.0 Å². The van der Waals surface area contributed by atoms with Gasteiger partial charge in [-0.2, -0.15) is 0 Å². The lowest BCUT2D eigenvalue weighted by Crippen LogP contribution is -1.94. The number of nitro groups is 1. The summed E-state index contributed by atoms with van der Waals surface area (Å²) < 4.78 is 0. The first kappa shape index (κ1) is 9.72. The molecule has 0 aliphatic heterocycles. The summed E-state index contributed by atoms with van der Waals surface area (Å²) in [5.41, 5.74) is 0.651. The fourth-order valence-corrected chi connectivity index (χ4v) is 2.03. The lowest BCUT2D eigenvalue weighted by atomic mass is 10.1. The van der Waals surface area contributed by atoms with Crippen LogP contribution in [0.3, 0.4) is 0 Å². The first-order valence-electron chi connectivity index (χ1n) is 5.19. The molecule has 4 heteroatoms. The summed E-state index contributed by atoms with van der Waals surface area (Å²) in [6.07, 6.45) is 0. The molecule has 0 unspecified atom stereocenters. The predicted molar refractivity (Wildman–Crippen MR) is 65.9 cm³/mol. The van der Waals surface area contributed by atoms with E-state index in [4.69, 9.17) is 0 Å². The second-order valence-electron chi connectivity index (χ2n) is 3.76. The zero-order chi connectivity index (χ0) is 11.8. The largest absolute Gasteiger partial charge is 0.371 e. The summed E-state index contributed by atoms with van der Waals surface area (Å²) in [6.45, 7) is 0. The lowest BCUT2D eigenvalue weighted by molar-refractivity contribution is -0.387. The monoisotopic (exact) mass is 224 g/mol. The van der Waals surface area contributed by atoms with Gasteiger partial charge in [-0.3, -0.25) is 0 Å². The number of hydrogen-bond acceptors (Lipinski definition) is 3. The van der Waals surface area contributed by atoms with Crippen molar-refractivity contribution in [1.82, 2.24) is 4.98 Å². The van der Waals surface area contributed by atoms with Crippen molar-refractivity contribution in [3.05, 3.63) is 58.6 Å². The second-order valence-corrected chi connectivity index (χ2v) is 3.76. The van der Waals surface area contributed by atoms with Crippen LogP contribution in [0.25, 0.3) is 21.7 Å². The van der Waals surface area contributed by atoms with Gasteiger partial charge < -0.3 is 10.1 Å². The molecule has 3 rings (SSSR count). The maximum Gasteiger partial charge on any atom is 0.371 e. The predicted octanol–water partition coefficient (Wildman–Crippen LogP) is 3.30. The van der Waals surface area contributed by atoms with Crippen LogP contribution in [0.15, 0.2) is 48.5 Å². The van der Waals surface area contributed by atoms with Crippen LogP contribution >= 0.6 is 0 Å². The van der Waals surface area contributed by atoms with Gasteiger partial charge in [0.2, 0.25) is 0 Å². The number of nitrogens with zero attached hydrogens (tertiary/aromatic N) is 2. The van der Waals surface area contributed by atoms with E-state index in [-0.39, 0.29) is 5.82 Å². The molecule has 2 aromatic carbocycles. The molecule has 0 N–H and O–H groups in total. The zero-order valence-corrected chi connectivity index (χ0v) is 8.83. The van der Waals surface area contributed by atoms with Gasteiger partial charge in [-0.25, -0.2) is 0 Å². The Bertz CT molecular complexity index is 738. The van der Waals surface area contributed by atoms with Gasteiger partial charge in [0.25, 0.3) is 0 Å². The van der Waals surface area contributed by atoms with Gasteiger partial charge in [-0.05, 0) is 28.1 Å². The average Bonchev–Trinajstić information content (AvgIpc) is 2.37. The number of pyridine rings is 1. The standard InChI is InChI=1S/C13H8N2O2/c16-15(17)13-11-7-2-1-5-9(11)10-6-3-4-8-12(10)14-13/h1-8H. The number of rotatable bonds is 1. The van der Waals surface area contributed by atoms with E-state index >= 15 is 0 Å². The summed E-state index contributed by atoms with van der Waals surface area (Å²) in [5, 5.41) is 13.4. The molecule has 0 saturated carbocycles. The van der Waals surface area contributed by atoms with Gasteiger partial charge in [0.15, 0.2) is 5.52 Å². The summed E-state index contributed by atoms with van der Waals surface area (Å²) in [5.74, 6) is -0.0840. The molecular formula is C13H8N2O2. The minimum absolute atomic E-state index is 0.0840. The molecule has 0 amide bonds. The Morgan fingerprint density at radius 3 is 2.18 bits per heavy atom. The van der Waals surface area contributed by atoms with Crippen molar-refractivity contribution in [3.63, 3.8) is 0 Å². The van der Waals surface area contributed by atoms with Crippen molar-refractivity contribution in [2.75, 3.05) is 0 Å². The normalized spacial score (nSPS) is 10.8. The van der Waals surface area contributed by atoms with Crippen LogP contribution in [-0.4, -0.2) is 9.91 Å². The van der Waals surface area contributed by atoms with E-state index in [0.29, 0.717) is 10.9 Å². The van der Waals surface area contributed by atoms with Gasteiger partial charge in [0.05, 0.1) is 5.39 Å². The smallest absolute Gasteiger partial charge is 0.358 e. The van der Waals surface area contributed by atoms with Gasteiger partial charge in [-0.15, -0.1) is 0 Å². The van der Waals surface area contributed by atoms with Crippen molar-refractivity contribution in [2.45, 2.75) is 0 Å². The highest BCUT2D eigenvalue weighted by atomic mass is 16.6. The second kappa shape index (κ2) is 3.52. The minimum Gasteiger partial charge on any atom is -0.358 e. The van der Waals surface area contributed by atoms with E-state index in [9.17, 15) is 10.1 Å². The van der Waals surface area contributed by atoms with Gasteiger partial charge in [0.1, 0.15) is 0 Å². The molecule has 82 valence electrons. The van der Waals surface area contributed by atoms with Crippen molar-refractivity contribution in [1.29, 1.82) is 0 Å². The van der Waals surface area contributed by atoms with Crippen LogP contribution in [0.2, 0.25) is 0 Å². The lowest BCUT2D eigenvalue weighted by Gasteiger charge is -2.02. The fraction of sp³-hybridized carbons (Fsp3) is 0. The van der Waals surface area contributed by atoms with Crippen molar-refractivity contribution in [2.24, 2.45) is 0 Å². The number of hydrogen-bond donors (Lipinski definition) is 0. The summed E-state index contributed by atoms with van der Waals surface area (Å²) in [6, 6.07) is 14.7. The molecule has 1 aromatic heterocycles. The van der Waals surface area contributed by atoms with Gasteiger partial charge in [0, 0.05) is 10.8 Å². The number of aromatic nitrogens is 1. The highest BCUT2D eigenvalue weighted by Gasteiger charge is 2.16. The number of para-hydroxylation sites is 1. The Balaban J connectivity index is 2.59. The number of fused-ring (bicyclic) bond motifs is 3. The Hall–Kier alpha value is -2.49. The Kier molecular flexibility index (Phi) is 2.01. The van der Waals surface area contributed by atoms with Crippen LogP contribution in [0.5, 0.6) is 0 Å². The van der Waals surface area contributed by atoms with E-state index in [1.807, 2.05) is 30.3 Å². The molecule has 0 aliphatic rings. The fourth-order valence-electron chi connectivity index (χ4n) is 2.03. The van der Waals surface area contributed by atoms with Crippen molar-refractivity contribution in [3.8, 4) is 0 Å². The van der Waals surface area contributed by atoms with E-state index in [2.05, 4.69) is 4.98 Å². The summed E-state index contributed by atoms with van der Waals surface area (Å²) in [7, 11) is 0. The number of benzene rings is 2. The van der Waals surface area contributed by atoms with Crippen LogP contribution in [0, 0.1) is 10.1 Å². The molecule has 0 fully saturated rings. The maximum atomic E-state index is 11.0. The summed E-state index contributed by atoms with van der Waals surface area (Å²) in [4.78, 5) is 14.7. The molecule has 0 bridgehead atoms. The molecule has 0 radical (unpaired) electrons. The van der Waals surface area contributed by atoms with Crippen LogP contribution in [0.1, 0.15) is 0 Å². The van der Waals surface area contributed by atoms with Crippen LogP contribution < -0.4 is 0 Å². The molecular weight excluding hydrogens is 216 g/mol. The maximum absolute atomic E-state index is 11.0. The van der Waals surface area contributed by atoms with Crippen molar-refractivity contribution >= 4 is 27.5 Å². The van der Waals surface area contributed by atoms with E-state index in [0.717, 1.165) is 10.8 Å². The van der Waals surface area contributed by atoms with E-state index in [1.165, 1.54) is 0 Å². The third-order valence-electron chi connectivity index (χ3n) is 2.76. The SMILES string of the molecule is O=[N+]([O-])c1nc2ccccc2c2ccccc12. The Labute approximate surface area is 96.7 Å². The minimum atomic E-state index is -0.436. The first-order chi connectivity index (χ1) is 8.27. The average molecular weight is 224 g/mol. The molecule has 0 aliphatic carbocycles. The zero-order valence-electron chi connectivity index (χ0n) is 8.83. The molecule has 4 nitrogen and oxygen atoms in total.